The lowest BCUT2D eigenvalue weighted by Crippen LogP contribution is -2.10. The average Bonchev–Trinajstić information content (AvgIpc) is 2.63. The lowest BCUT2D eigenvalue weighted by molar-refractivity contribution is 0.790. The molecule has 0 aromatic carbocycles. The van der Waals surface area contributed by atoms with E-state index in [2.05, 4.69) is 15.2 Å². The van der Waals surface area contributed by atoms with E-state index in [1.54, 1.807) is 0 Å². The molecule has 0 radical (unpaired) electrons. The molecule has 0 saturated heterocycles. The van der Waals surface area contributed by atoms with Crippen LogP contribution in [-0.2, 0) is 0 Å². The predicted molar refractivity (Wildman–Crippen MR) is 68.2 cm³/mol. The van der Waals surface area contributed by atoms with E-state index in [-0.39, 0.29) is 11.5 Å². The summed E-state index contributed by atoms with van der Waals surface area (Å²) in [6.07, 6.45) is 0. The fourth-order valence-electron chi connectivity index (χ4n) is 1.37. The fourth-order valence-corrected chi connectivity index (χ4v) is 2.19. The smallest absolute Gasteiger partial charge is 0.266 e. The van der Waals surface area contributed by atoms with E-state index in [0.29, 0.717) is 4.70 Å². The zero-order valence-corrected chi connectivity index (χ0v) is 11.1. The standard InChI is InChI=1S/C9H11N3OS.C2H6/c1-4(2)6-7-8(9(13)12-11-6)14-5(3)10-7;1-2/h4H,1-3H3,(H,12,13);1-2H3. The van der Waals surface area contributed by atoms with Crippen molar-refractivity contribution in [2.75, 3.05) is 0 Å². The summed E-state index contributed by atoms with van der Waals surface area (Å²) < 4.78 is 0.682. The SMILES string of the molecule is CC.Cc1nc2c(C(C)C)n[nH]c(=O)c2s1. The molecule has 16 heavy (non-hydrogen) atoms. The van der Waals surface area contributed by atoms with E-state index in [0.717, 1.165) is 16.2 Å². The lowest BCUT2D eigenvalue weighted by Gasteiger charge is -2.02. The molecule has 0 atom stereocenters. The van der Waals surface area contributed by atoms with Crippen LogP contribution in [0, 0.1) is 6.92 Å². The number of hydrogen-bond donors (Lipinski definition) is 1. The van der Waals surface area contributed by atoms with Crippen LogP contribution in [0.5, 0.6) is 0 Å². The van der Waals surface area contributed by atoms with Gasteiger partial charge >= 0.3 is 0 Å². The first-order valence-electron chi connectivity index (χ1n) is 5.45. The molecular weight excluding hydrogens is 222 g/mol. The van der Waals surface area contributed by atoms with Gasteiger partial charge in [0.15, 0.2) is 0 Å². The summed E-state index contributed by atoms with van der Waals surface area (Å²) in [5.74, 6) is 0.274. The average molecular weight is 239 g/mol. The van der Waals surface area contributed by atoms with Gasteiger partial charge in [0.25, 0.3) is 5.56 Å². The third-order valence-corrected chi connectivity index (χ3v) is 2.98. The predicted octanol–water partition coefficient (Wildman–Crippen LogP) is 2.84. The maximum Gasteiger partial charge on any atom is 0.283 e. The van der Waals surface area contributed by atoms with Gasteiger partial charge in [-0.3, -0.25) is 4.79 Å². The van der Waals surface area contributed by atoms with E-state index in [4.69, 9.17) is 0 Å². The summed E-state index contributed by atoms with van der Waals surface area (Å²) in [5, 5.41) is 7.43. The van der Waals surface area contributed by atoms with E-state index in [1.807, 2.05) is 34.6 Å². The molecule has 0 bridgehead atoms. The van der Waals surface area contributed by atoms with Crippen molar-refractivity contribution in [3.8, 4) is 0 Å². The van der Waals surface area contributed by atoms with Crippen LogP contribution in [0.2, 0.25) is 0 Å². The Morgan fingerprint density at radius 3 is 2.50 bits per heavy atom. The van der Waals surface area contributed by atoms with E-state index in [9.17, 15) is 4.79 Å². The molecule has 0 aliphatic carbocycles. The zero-order chi connectivity index (χ0) is 12.3. The molecule has 0 aliphatic rings. The zero-order valence-electron chi connectivity index (χ0n) is 10.3. The Morgan fingerprint density at radius 2 is 1.94 bits per heavy atom. The van der Waals surface area contributed by atoms with Crippen molar-refractivity contribution >= 4 is 21.6 Å². The van der Waals surface area contributed by atoms with E-state index in [1.165, 1.54) is 11.3 Å². The number of nitrogens with zero attached hydrogens (tertiary/aromatic N) is 2. The van der Waals surface area contributed by atoms with Crippen LogP contribution in [0.3, 0.4) is 0 Å². The quantitative estimate of drug-likeness (QED) is 0.832. The molecule has 5 heteroatoms. The monoisotopic (exact) mass is 239 g/mol. The number of nitrogens with one attached hydrogen (secondary N) is 1. The van der Waals surface area contributed by atoms with Gasteiger partial charge in [-0.1, -0.05) is 27.7 Å². The summed E-state index contributed by atoms with van der Waals surface area (Å²) in [6, 6.07) is 0. The molecule has 2 aromatic heterocycles. The minimum absolute atomic E-state index is 0.144. The molecule has 2 heterocycles. The molecule has 2 rings (SSSR count). The molecule has 2 aromatic rings. The number of hydrogen-bond acceptors (Lipinski definition) is 4. The largest absolute Gasteiger partial charge is 0.283 e. The summed E-state index contributed by atoms with van der Waals surface area (Å²) in [6.45, 7) is 9.97. The second kappa shape index (κ2) is 5.21. The molecule has 0 aliphatic heterocycles. The van der Waals surface area contributed by atoms with Crippen LogP contribution < -0.4 is 5.56 Å². The molecule has 0 amide bonds. The highest BCUT2D eigenvalue weighted by molar-refractivity contribution is 7.18. The highest BCUT2D eigenvalue weighted by Gasteiger charge is 2.13. The Labute approximate surface area is 98.7 Å². The maximum atomic E-state index is 11.4. The van der Waals surface area contributed by atoms with E-state index < -0.39 is 0 Å². The van der Waals surface area contributed by atoms with Crippen molar-refractivity contribution in [2.45, 2.75) is 40.5 Å². The minimum Gasteiger partial charge on any atom is -0.266 e. The molecule has 0 spiro atoms. The van der Waals surface area contributed by atoms with Crippen molar-refractivity contribution in [2.24, 2.45) is 0 Å². The molecule has 4 nitrogen and oxygen atoms in total. The number of rotatable bonds is 1. The maximum absolute atomic E-state index is 11.4. The Bertz CT molecular complexity index is 527. The van der Waals surface area contributed by atoms with Gasteiger partial charge < -0.3 is 0 Å². The number of aryl methyl sites for hydroxylation is 1. The highest BCUT2D eigenvalue weighted by atomic mass is 32.1. The van der Waals surface area contributed by atoms with Crippen LogP contribution in [-0.4, -0.2) is 15.2 Å². The van der Waals surface area contributed by atoms with Crippen LogP contribution in [0.25, 0.3) is 10.2 Å². The summed E-state index contributed by atoms with van der Waals surface area (Å²) in [5.41, 5.74) is 1.48. The topological polar surface area (TPSA) is 58.6 Å². The van der Waals surface area contributed by atoms with Crippen molar-refractivity contribution in [3.05, 3.63) is 21.1 Å². The number of thiazole rings is 1. The molecule has 1 N–H and O–H groups in total. The first-order valence-corrected chi connectivity index (χ1v) is 6.27. The van der Waals surface area contributed by atoms with Gasteiger partial charge in [-0.2, -0.15) is 5.10 Å². The fraction of sp³-hybridized carbons (Fsp3) is 0.545. The number of fused-ring (bicyclic) bond motifs is 1. The summed E-state index contributed by atoms with van der Waals surface area (Å²) >= 11 is 1.42. The van der Waals surface area contributed by atoms with Crippen molar-refractivity contribution < 1.29 is 0 Å². The normalized spacial score (nSPS) is 10.4. The van der Waals surface area contributed by atoms with Crippen molar-refractivity contribution in [1.29, 1.82) is 0 Å². The van der Waals surface area contributed by atoms with Gasteiger partial charge in [0.1, 0.15) is 10.2 Å². The molecule has 0 unspecified atom stereocenters. The molecular formula is C11H17N3OS. The number of aromatic amines is 1. The summed E-state index contributed by atoms with van der Waals surface area (Å²) in [4.78, 5) is 15.8. The first-order chi connectivity index (χ1) is 7.59. The van der Waals surface area contributed by atoms with Gasteiger partial charge in [0.05, 0.1) is 10.7 Å². The third kappa shape index (κ3) is 2.29. The van der Waals surface area contributed by atoms with Crippen molar-refractivity contribution in [3.63, 3.8) is 0 Å². The third-order valence-electron chi connectivity index (χ3n) is 2.01. The highest BCUT2D eigenvalue weighted by Crippen LogP contribution is 2.23. The Balaban J connectivity index is 0.000000606. The van der Waals surface area contributed by atoms with Crippen LogP contribution in [0.4, 0.5) is 0 Å². The number of H-pyrrole nitrogens is 1. The lowest BCUT2D eigenvalue weighted by atomic mass is 10.1. The Kier molecular flexibility index (Phi) is 4.18. The van der Waals surface area contributed by atoms with Gasteiger partial charge in [-0.25, -0.2) is 10.1 Å². The van der Waals surface area contributed by atoms with Crippen LogP contribution in [0.1, 0.15) is 44.3 Å². The Morgan fingerprint density at radius 1 is 1.31 bits per heavy atom. The minimum atomic E-state index is -0.144. The Hall–Kier alpha value is -1.23. The first kappa shape index (κ1) is 12.8. The molecule has 0 fully saturated rings. The van der Waals surface area contributed by atoms with Crippen LogP contribution in [0.15, 0.2) is 4.79 Å². The molecule has 0 saturated carbocycles. The second-order valence-corrected chi connectivity index (χ2v) is 4.71. The van der Waals surface area contributed by atoms with Crippen molar-refractivity contribution in [1.82, 2.24) is 15.2 Å². The van der Waals surface area contributed by atoms with E-state index >= 15 is 0 Å². The van der Waals surface area contributed by atoms with Crippen LogP contribution >= 0.6 is 11.3 Å². The van der Waals surface area contributed by atoms with Gasteiger partial charge in [-0.15, -0.1) is 11.3 Å². The molecule has 88 valence electrons. The van der Waals surface area contributed by atoms with Gasteiger partial charge in [0, 0.05) is 0 Å². The number of aromatic nitrogens is 3. The van der Waals surface area contributed by atoms with Gasteiger partial charge in [-0.05, 0) is 12.8 Å². The summed E-state index contributed by atoms with van der Waals surface area (Å²) in [7, 11) is 0. The second-order valence-electron chi connectivity index (χ2n) is 3.50. The van der Waals surface area contributed by atoms with Gasteiger partial charge in [0.2, 0.25) is 0 Å².